The van der Waals surface area contributed by atoms with Crippen LogP contribution in [0.25, 0.3) is 10.9 Å². The van der Waals surface area contributed by atoms with Gasteiger partial charge in [0, 0.05) is 11.6 Å². The number of hydrogen-bond acceptors (Lipinski definition) is 1. The minimum atomic E-state index is 0.643. The molecule has 19 heavy (non-hydrogen) atoms. The summed E-state index contributed by atoms with van der Waals surface area (Å²) in [6, 6.07) is 18.9. The van der Waals surface area contributed by atoms with Gasteiger partial charge >= 0.3 is 0 Å². The number of pyridine rings is 1. The lowest BCUT2D eigenvalue weighted by atomic mass is 10.1. The molecule has 3 aromatic rings. The van der Waals surface area contributed by atoms with Gasteiger partial charge in [-0.05, 0) is 23.8 Å². The number of fused-ring (bicyclic) bond motifs is 1. The van der Waals surface area contributed by atoms with Crippen LogP contribution in [-0.2, 0) is 13.2 Å². The fourth-order valence-electron chi connectivity index (χ4n) is 2.75. The molecular formula is C17H14NO+. The second-order valence-corrected chi connectivity index (χ2v) is 4.89. The second kappa shape index (κ2) is 4.09. The predicted octanol–water partition coefficient (Wildman–Crippen LogP) is 3.07. The van der Waals surface area contributed by atoms with E-state index in [1.54, 1.807) is 0 Å². The van der Waals surface area contributed by atoms with E-state index < -0.39 is 0 Å². The summed E-state index contributed by atoms with van der Waals surface area (Å²) in [4.78, 5) is 0. The summed E-state index contributed by atoms with van der Waals surface area (Å²) >= 11 is 0. The molecule has 0 amide bonds. The Labute approximate surface area is 111 Å². The van der Waals surface area contributed by atoms with Gasteiger partial charge in [0.05, 0.1) is 5.39 Å². The van der Waals surface area contributed by atoms with E-state index in [9.17, 15) is 0 Å². The Kier molecular flexibility index (Phi) is 2.27. The largest absolute Gasteiger partial charge is 0.482 e. The third-order valence-corrected chi connectivity index (χ3v) is 3.70. The first-order valence-electron chi connectivity index (χ1n) is 6.52. The van der Waals surface area contributed by atoms with E-state index >= 15 is 0 Å². The first-order chi connectivity index (χ1) is 9.42. The van der Waals surface area contributed by atoms with E-state index in [1.807, 2.05) is 6.07 Å². The minimum Gasteiger partial charge on any atom is -0.482 e. The van der Waals surface area contributed by atoms with Crippen LogP contribution in [0, 0.1) is 0 Å². The highest BCUT2D eigenvalue weighted by Gasteiger charge is 2.19. The van der Waals surface area contributed by atoms with Crippen molar-refractivity contribution >= 4 is 10.9 Å². The molecule has 0 saturated carbocycles. The van der Waals surface area contributed by atoms with Gasteiger partial charge < -0.3 is 4.74 Å². The topological polar surface area (TPSA) is 13.1 Å². The van der Waals surface area contributed by atoms with E-state index in [-0.39, 0.29) is 0 Å². The molecule has 0 aliphatic carbocycles. The molecule has 0 radical (unpaired) electrons. The molecule has 0 bridgehead atoms. The lowest BCUT2D eigenvalue weighted by molar-refractivity contribution is -0.662. The molecule has 0 N–H and O–H groups in total. The van der Waals surface area contributed by atoms with Gasteiger partial charge in [-0.25, -0.2) is 0 Å². The van der Waals surface area contributed by atoms with Crippen molar-refractivity contribution in [3.05, 3.63) is 71.9 Å². The molecule has 1 aromatic heterocycles. The van der Waals surface area contributed by atoms with Crippen LogP contribution in [-0.4, -0.2) is 0 Å². The Morgan fingerprint density at radius 2 is 1.68 bits per heavy atom. The van der Waals surface area contributed by atoms with E-state index in [1.165, 1.54) is 22.0 Å². The Morgan fingerprint density at radius 1 is 0.842 bits per heavy atom. The van der Waals surface area contributed by atoms with Gasteiger partial charge in [-0.1, -0.05) is 30.3 Å². The van der Waals surface area contributed by atoms with Crippen LogP contribution < -0.4 is 9.30 Å². The number of aromatic nitrogens is 1. The number of para-hydroxylation sites is 1. The van der Waals surface area contributed by atoms with Gasteiger partial charge in [-0.15, -0.1) is 0 Å². The zero-order valence-corrected chi connectivity index (χ0v) is 10.5. The highest BCUT2D eigenvalue weighted by molar-refractivity contribution is 5.81. The van der Waals surface area contributed by atoms with Gasteiger partial charge in [0.25, 0.3) is 5.52 Å². The molecule has 2 heteroatoms. The normalized spacial score (nSPS) is 13.3. The van der Waals surface area contributed by atoms with E-state index in [2.05, 4.69) is 59.3 Å². The lowest BCUT2D eigenvalue weighted by Crippen LogP contribution is -2.36. The molecule has 2 heterocycles. The first-order valence-corrected chi connectivity index (χ1v) is 6.52. The van der Waals surface area contributed by atoms with Gasteiger partial charge in [-0.3, -0.25) is 0 Å². The zero-order valence-electron chi connectivity index (χ0n) is 10.5. The molecule has 1 aliphatic heterocycles. The summed E-state index contributed by atoms with van der Waals surface area (Å²) in [6.07, 6.45) is 2.12. The minimum absolute atomic E-state index is 0.643. The van der Waals surface area contributed by atoms with Crippen LogP contribution in [0.3, 0.4) is 0 Å². The summed E-state index contributed by atoms with van der Waals surface area (Å²) in [7, 11) is 0. The maximum atomic E-state index is 6.01. The average Bonchev–Trinajstić information content (AvgIpc) is 2.44. The molecule has 0 unspecified atom stereocenters. The third kappa shape index (κ3) is 1.68. The Balaban J connectivity index is 2.00. The summed E-state index contributed by atoms with van der Waals surface area (Å²) < 4.78 is 8.27. The van der Waals surface area contributed by atoms with E-state index in [0.717, 1.165) is 12.3 Å². The Bertz CT molecular complexity index is 759. The molecule has 0 saturated heterocycles. The number of hydrogen-bond donors (Lipinski definition) is 0. The van der Waals surface area contributed by atoms with Crippen LogP contribution in [0.4, 0.5) is 0 Å². The van der Waals surface area contributed by atoms with Crippen LogP contribution in [0.1, 0.15) is 11.1 Å². The van der Waals surface area contributed by atoms with Crippen LogP contribution in [0.5, 0.6) is 5.75 Å². The van der Waals surface area contributed by atoms with Crippen LogP contribution in [0.15, 0.2) is 60.8 Å². The molecule has 0 atom stereocenters. The summed E-state index contributed by atoms with van der Waals surface area (Å²) in [5.41, 5.74) is 3.77. The smallest absolute Gasteiger partial charge is 0.255 e. The monoisotopic (exact) mass is 248 g/mol. The molecule has 1 aliphatic rings. The van der Waals surface area contributed by atoms with Crippen LogP contribution >= 0.6 is 0 Å². The summed E-state index contributed by atoms with van der Waals surface area (Å²) in [6.45, 7) is 1.54. The Morgan fingerprint density at radius 3 is 2.63 bits per heavy atom. The molecule has 0 spiro atoms. The number of rotatable bonds is 0. The number of ether oxygens (including phenoxy) is 1. The summed E-state index contributed by atoms with van der Waals surface area (Å²) in [5.74, 6) is 0.965. The Hall–Kier alpha value is -2.35. The van der Waals surface area contributed by atoms with E-state index in [0.29, 0.717) is 6.61 Å². The van der Waals surface area contributed by atoms with Crippen molar-refractivity contribution in [3.63, 3.8) is 0 Å². The molecular weight excluding hydrogens is 234 g/mol. The maximum absolute atomic E-state index is 6.01. The van der Waals surface area contributed by atoms with Gasteiger partial charge in [0.2, 0.25) is 0 Å². The number of nitrogens with zero attached hydrogens (tertiary/aromatic N) is 1. The lowest BCUT2D eigenvalue weighted by Gasteiger charge is -2.14. The molecule has 0 fully saturated rings. The van der Waals surface area contributed by atoms with Crippen molar-refractivity contribution in [1.82, 2.24) is 0 Å². The van der Waals surface area contributed by atoms with Gasteiger partial charge in [0.15, 0.2) is 18.5 Å². The number of benzene rings is 2. The van der Waals surface area contributed by atoms with Crippen molar-refractivity contribution in [2.24, 2.45) is 0 Å². The van der Waals surface area contributed by atoms with Crippen molar-refractivity contribution in [2.75, 3.05) is 0 Å². The quantitative estimate of drug-likeness (QED) is 0.557. The molecule has 2 aromatic carbocycles. The van der Waals surface area contributed by atoms with E-state index in [4.69, 9.17) is 4.74 Å². The van der Waals surface area contributed by atoms with Crippen molar-refractivity contribution in [1.29, 1.82) is 0 Å². The fraction of sp³-hybridized carbons (Fsp3) is 0.118. The predicted molar refractivity (Wildman–Crippen MR) is 74.0 cm³/mol. The van der Waals surface area contributed by atoms with Crippen LogP contribution in [0.2, 0.25) is 0 Å². The van der Waals surface area contributed by atoms with Crippen molar-refractivity contribution in [3.8, 4) is 5.75 Å². The standard InChI is InChI=1S/C17H14NO/c1-2-6-15-12-19-16-9-3-7-13-8-4-10-18(17(13)16)11-14(15)5-1/h1-10H,11-12H2/q+1. The highest BCUT2D eigenvalue weighted by Crippen LogP contribution is 2.25. The zero-order chi connectivity index (χ0) is 12.7. The summed E-state index contributed by atoms with van der Waals surface area (Å²) in [5, 5.41) is 1.22. The van der Waals surface area contributed by atoms with Crippen molar-refractivity contribution in [2.45, 2.75) is 13.2 Å². The van der Waals surface area contributed by atoms with Gasteiger partial charge in [-0.2, -0.15) is 4.57 Å². The van der Waals surface area contributed by atoms with Crippen molar-refractivity contribution < 1.29 is 9.30 Å². The second-order valence-electron chi connectivity index (χ2n) is 4.89. The average molecular weight is 248 g/mol. The first kappa shape index (κ1) is 10.6. The third-order valence-electron chi connectivity index (χ3n) is 3.70. The molecule has 2 nitrogen and oxygen atoms in total. The van der Waals surface area contributed by atoms with Gasteiger partial charge in [0.1, 0.15) is 6.61 Å². The SMILES string of the molecule is c1ccc2c(c1)COc1cccc3ccc[n+](c13)C2. The highest BCUT2D eigenvalue weighted by atomic mass is 16.5. The maximum Gasteiger partial charge on any atom is 0.255 e. The molecule has 4 rings (SSSR count). The fourth-order valence-corrected chi connectivity index (χ4v) is 2.75. The molecule has 92 valence electrons.